The minimum Gasteiger partial charge on any atom is -0.480 e. The summed E-state index contributed by atoms with van der Waals surface area (Å²) in [5, 5.41) is 20.7. The van der Waals surface area contributed by atoms with Crippen LogP contribution in [0.5, 0.6) is 0 Å². The predicted octanol–water partition coefficient (Wildman–Crippen LogP) is 0.860. The van der Waals surface area contributed by atoms with E-state index in [1.165, 1.54) is 6.92 Å². The van der Waals surface area contributed by atoms with Crippen LogP contribution in [-0.4, -0.2) is 45.2 Å². The van der Waals surface area contributed by atoms with Gasteiger partial charge >= 0.3 is 5.97 Å². The molecule has 5 nitrogen and oxygen atoms in total. The summed E-state index contributed by atoms with van der Waals surface area (Å²) < 4.78 is 0. The Morgan fingerprint density at radius 3 is 2.35 bits per heavy atom. The highest BCUT2D eigenvalue weighted by atomic mass is 32.2. The van der Waals surface area contributed by atoms with Gasteiger partial charge in [-0.2, -0.15) is 11.8 Å². The highest BCUT2D eigenvalue weighted by molar-refractivity contribution is 7.99. The quantitative estimate of drug-likeness (QED) is 0.565. The molecule has 0 fully saturated rings. The molecule has 0 saturated carbocycles. The summed E-state index contributed by atoms with van der Waals surface area (Å²) in [6.45, 7) is 4.78. The average molecular weight is 263 g/mol. The summed E-state index contributed by atoms with van der Waals surface area (Å²) in [5.41, 5.74) is -0.684. The van der Waals surface area contributed by atoms with E-state index in [9.17, 15) is 14.7 Å². The van der Waals surface area contributed by atoms with Crippen molar-refractivity contribution in [3.63, 3.8) is 0 Å². The normalized spacial score (nSPS) is 13.2. The van der Waals surface area contributed by atoms with Crippen LogP contribution in [0.2, 0.25) is 0 Å². The maximum atomic E-state index is 10.8. The molecule has 3 N–H and O–H groups in total. The molecule has 0 heterocycles. The molecule has 0 aliphatic rings. The van der Waals surface area contributed by atoms with Gasteiger partial charge in [-0.15, -0.1) is 0 Å². The Balaban J connectivity index is 3.76. The van der Waals surface area contributed by atoms with E-state index in [2.05, 4.69) is 5.32 Å². The third-order valence-electron chi connectivity index (χ3n) is 2.08. The molecule has 0 aromatic carbocycles. The van der Waals surface area contributed by atoms with E-state index in [0.29, 0.717) is 18.6 Å². The molecule has 0 aliphatic heterocycles. The zero-order valence-corrected chi connectivity index (χ0v) is 11.3. The smallest absolute Gasteiger partial charge is 0.326 e. The molecule has 0 rings (SSSR count). The predicted molar refractivity (Wildman–Crippen MR) is 68.1 cm³/mol. The lowest BCUT2D eigenvalue weighted by Gasteiger charge is -2.17. The zero-order valence-electron chi connectivity index (χ0n) is 10.5. The molecule has 1 amide bonds. The van der Waals surface area contributed by atoms with Gasteiger partial charge in [0.05, 0.1) is 5.60 Å². The van der Waals surface area contributed by atoms with Gasteiger partial charge in [0.25, 0.3) is 0 Å². The van der Waals surface area contributed by atoms with Crippen molar-refractivity contribution in [1.29, 1.82) is 0 Å². The number of nitrogens with one attached hydrogen (secondary N) is 1. The number of rotatable bonds is 8. The summed E-state index contributed by atoms with van der Waals surface area (Å²) in [4.78, 5) is 21.6. The maximum Gasteiger partial charge on any atom is 0.326 e. The number of aliphatic carboxylic acids is 1. The van der Waals surface area contributed by atoms with Crippen molar-refractivity contribution in [3.8, 4) is 0 Å². The van der Waals surface area contributed by atoms with Crippen LogP contribution in [0.1, 0.15) is 33.6 Å². The Labute approximate surface area is 106 Å². The monoisotopic (exact) mass is 263 g/mol. The number of carbonyl (C=O) groups is 2. The van der Waals surface area contributed by atoms with Crippen LogP contribution in [0.15, 0.2) is 0 Å². The second-order valence-electron chi connectivity index (χ2n) is 4.55. The van der Waals surface area contributed by atoms with E-state index >= 15 is 0 Å². The Bertz CT molecular complexity index is 263. The maximum absolute atomic E-state index is 10.8. The minimum absolute atomic E-state index is 0.334. The third kappa shape index (κ3) is 10.1. The molecular weight excluding hydrogens is 242 g/mol. The van der Waals surface area contributed by atoms with E-state index in [1.807, 2.05) is 0 Å². The van der Waals surface area contributed by atoms with Crippen LogP contribution in [-0.2, 0) is 9.59 Å². The molecule has 0 radical (unpaired) electrons. The summed E-state index contributed by atoms with van der Waals surface area (Å²) >= 11 is 1.58. The summed E-state index contributed by atoms with van der Waals surface area (Å²) in [6.07, 6.45) is 1.06. The Hall–Kier alpha value is -0.750. The molecule has 0 spiro atoms. The zero-order chi connectivity index (χ0) is 13.5. The summed E-state index contributed by atoms with van der Waals surface area (Å²) in [6, 6.07) is -0.817. The third-order valence-corrected chi connectivity index (χ3v) is 3.10. The van der Waals surface area contributed by atoms with E-state index in [1.54, 1.807) is 25.6 Å². The lowest BCUT2D eigenvalue weighted by Crippen LogP contribution is -2.39. The molecular formula is C11H21NO4S. The van der Waals surface area contributed by atoms with Crippen molar-refractivity contribution in [1.82, 2.24) is 5.32 Å². The molecule has 6 heteroatoms. The van der Waals surface area contributed by atoms with Gasteiger partial charge in [0.15, 0.2) is 0 Å². The molecule has 0 saturated heterocycles. The van der Waals surface area contributed by atoms with Gasteiger partial charge in [-0.05, 0) is 38.2 Å². The number of aliphatic hydroxyl groups is 1. The van der Waals surface area contributed by atoms with E-state index in [-0.39, 0.29) is 5.91 Å². The molecule has 0 aromatic rings. The number of hydrogen-bond acceptors (Lipinski definition) is 4. The Kier molecular flexibility index (Phi) is 7.22. The molecule has 1 atom stereocenters. The second kappa shape index (κ2) is 7.55. The summed E-state index contributed by atoms with van der Waals surface area (Å²) in [5.74, 6) is 0.0747. The molecule has 100 valence electrons. The fourth-order valence-electron chi connectivity index (χ4n) is 1.13. The first-order valence-electron chi connectivity index (χ1n) is 5.52. The van der Waals surface area contributed by atoms with Crippen molar-refractivity contribution >= 4 is 23.6 Å². The van der Waals surface area contributed by atoms with Crippen molar-refractivity contribution in [2.75, 3.05) is 11.5 Å². The standard InChI is InChI=1S/C11H21NO4S/c1-8(13)12-9(10(14)15)4-6-17-7-5-11(2,3)16/h9,16H,4-7H2,1-3H3,(H,12,13)(H,14,15). The lowest BCUT2D eigenvalue weighted by atomic mass is 10.1. The van der Waals surface area contributed by atoms with Crippen molar-refractivity contribution < 1.29 is 19.8 Å². The first kappa shape index (κ1) is 16.2. The molecule has 0 bridgehead atoms. The fraction of sp³-hybridized carbons (Fsp3) is 0.818. The summed E-state index contributed by atoms with van der Waals surface area (Å²) in [7, 11) is 0. The largest absolute Gasteiger partial charge is 0.480 e. The van der Waals surface area contributed by atoms with E-state index in [4.69, 9.17) is 5.11 Å². The average Bonchev–Trinajstić information content (AvgIpc) is 2.12. The van der Waals surface area contributed by atoms with Gasteiger partial charge in [-0.3, -0.25) is 4.79 Å². The number of carbonyl (C=O) groups excluding carboxylic acids is 1. The second-order valence-corrected chi connectivity index (χ2v) is 5.78. The SMILES string of the molecule is CC(=O)NC(CCSCCC(C)(C)O)C(=O)O. The number of amides is 1. The van der Waals surface area contributed by atoms with Gasteiger partial charge in [0.2, 0.25) is 5.91 Å². The number of carboxylic acids is 1. The first-order chi connectivity index (χ1) is 7.72. The van der Waals surface area contributed by atoms with Crippen molar-refractivity contribution in [2.45, 2.75) is 45.3 Å². The van der Waals surface area contributed by atoms with Gasteiger partial charge in [-0.1, -0.05) is 0 Å². The molecule has 17 heavy (non-hydrogen) atoms. The van der Waals surface area contributed by atoms with E-state index in [0.717, 1.165) is 5.75 Å². The number of hydrogen-bond donors (Lipinski definition) is 3. The van der Waals surface area contributed by atoms with Crippen LogP contribution in [0.4, 0.5) is 0 Å². The van der Waals surface area contributed by atoms with Gasteiger partial charge in [-0.25, -0.2) is 4.79 Å². The fourth-order valence-corrected chi connectivity index (χ4v) is 2.38. The highest BCUT2D eigenvalue weighted by Crippen LogP contribution is 2.14. The Morgan fingerprint density at radius 2 is 1.94 bits per heavy atom. The molecule has 0 aromatic heterocycles. The number of thioether (sulfide) groups is 1. The van der Waals surface area contributed by atoms with Crippen molar-refractivity contribution in [2.24, 2.45) is 0 Å². The molecule has 0 aliphatic carbocycles. The topological polar surface area (TPSA) is 86.6 Å². The number of carboxylic acid groups (broad SMARTS) is 1. The van der Waals surface area contributed by atoms with Crippen molar-refractivity contribution in [3.05, 3.63) is 0 Å². The van der Waals surface area contributed by atoms with Gasteiger partial charge in [0, 0.05) is 6.92 Å². The Morgan fingerprint density at radius 1 is 1.35 bits per heavy atom. The van der Waals surface area contributed by atoms with E-state index < -0.39 is 17.6 Å². The van der Waals surface area contributed by atoms with Crippen LogP contribution >= 0.6 is 11.8 Å². The highest BCUT2D eigenvalue weighted by Gasteiger charge is 2.18. The minimum atomic E-state index is -1.01. The van der Waals surface area contributed by atoms with Crippen LogP contribution in [0.25, 0.3) is 0 Å². The lowest BCUT2D eigenvalue weighted by molar-refractivity contribution is -0.141. The molecule has 1 unspecified atom stereocenters. The van der Waals surface area contributed by atoms with Crippen LogP contribution < -0.4 is 5.32 Å². The van der Waals surface area contributed by atoms with Gasteiger partial charge < -0.3 is 15.5 Å². The van der Waals surface area contributed by atoms with Crippen LogP contribution in [0, 0.1) is 0 Å². The van der Waals surface area contributed by atoms with Crippen LogP contribution in [0.3, 0.4) is 0 Å². The first-order valence-corrected chi connectivity index (χ1v) is 6.68. The van der Waals surface area contributed by atoms with Gasteiger partial charge in [0.1, 0.15) is 6.04 Å².